The van der Waals surface area contributed by atoms with Crippen LogP contribution in [0.5, 0.6) is 0 Å². The summed E-state index contributed by atoms with van der Waals surface area (Å²) in [5, 5.41) is 3.49. The minimum absolute atomic E-state index is 0.158. The van der Waals surface area contributed by atoms with Gasteiger partial charge in [-0.15, -0.1) is 0 Å². The van der Waals surface area contributed by atoms with Crippen molar-refractivity contribution in [1.82, 2.24) is 24.4 Å². The van der Waals surface area contributed by atoms with Crippen LogP contribution in [0.1, 0.15) is 24.2 Å². The van der Waals surface area contributed by atoms with Crippen LogP contribution in [0.4, 0.5) is 20.5 Å². The summed E-state index contributed by atoms with van der Waals surface area (Å²) in [4.78, 5) is 18.2. The van der Waals surface area contributed by atoms with Crippen molar-refractivity contribution in [3.63, 3.8) is 0 Å². The van der Waals surface area contributed by atoms with Gasteiger partial charge < -0.3 is 15.0 Å². The van der Waals surface area contributed by atoms with Crippen molar-refractivity contribution in [3.05, 3.63) is 72.1 Å². The Morgan fingerprint density at radius 1 is 0.919 bits per heavy atom. The lowest BCUT2D eigenvalue weighted by atomic mass is 10.2. The molecule has 4 aromatic rings. The summed E-state index contributed by atoms with van der Waals surface area (Å²) in [6, 6.07) is 19.5. The smallest absolute Gasteiger partial charge is 0.296 e. The predicted molar refractivity (Wildman–Crippen MR) is 138 cm³/mol. The highest BCUT2D eigenvalue weighted by Gasteiger charge is 2.26. The maximum Gasteiger partial charge on any atom is 0.296 e. The molecule has 37 heavy (non-hydrogen) atoms. The van der Waals surface area contributed by atoms with Gasteiger partial charge in [0.05, 0.1) is 24.2 Å². The normalized spacial score (nSPS) is 18.7. The molecule has 192 valence electrons. The maximum absolute atomic E-state index is 14.1. The first-order valence-corrected chi connectivity index (χ1v) is 12.6. The summed E-state index contributed by atoms with van der Waals surface area (Å²) in [5.41, 5.74) is 2.37. The van der Waals surface area contributed by atoms with Gasteiger partial charge in [-0.2, -0.15) is 9.97 Å². The number of nitrogens with one attached hydrogen (secondary N) is 1. The van der Waals surface area contributed by atoms with Crippen molar-refractivity contribution in [1.29, 1.82) is 0 Å². The number of hydrogen-bond acceptors (Lipinski definition) is 7. The molecule has 0 spiro atoms. The molecule has 10 heteroatoms. The number of anilines is 2. The predicted octanol–water partition coefficient (Wildman–Crippen LogP) is 4.28. The van der Waals surface area contributed by atoms with Crippen molar-refractivity contribution in [2.75, 3.05) is 49.6 Å². The van der Waals surface area contributed by atoms with Gasteiger partial charge in [0.25, 0.3) is 6.43 Å². The van der Waals surface area contributed by atoms with Gasteiger partial charge in [0.15, 0.2) is 5.82 Å². The van der Waals surface area contributed by atoms with Gasteiger partial charge in [-0.1, -0.05) is 42.5 Å². The minimum Gasteiger partial charge on any atom is -0.378 e. The molecule has 1 atom stereocenters. The van der Waals surface area contributed by atoms with Gasteiger partial charge in [0.1, 0.15) is 11.6 Å². The topological polar surface area (TPSA) is 71.3 Å². The standard InChI is InChI=1S/C27H29F2N7O/c28-25(29)26-31-21-8-4-5-9-22(21)36(26)24-16-23(35-12-14-37-15-13-35)32-27(33-24)30-20-10-11-34(18-20)17-19-6-2-1-3-7-19/h1-9,16,20,25H,10-15,17-18H2,(H,30,32,33)/t20-/m0/s1. The lowest BCUT2D eigenvalue weighted by Crippen LogP contribution is -2.37. The average Bonchev–Trinajstić information content (AvgIpc) is 3.54. The Morgan fingerprint density at radius 2 is 1.68 bits per heavy atom. The molecule has 0 amide bonds. The number of morpholine rings is 1. The Balaban J connectivity index is 1.32. The number of nitrogens with zero attached hydrogens (tertiary/aromatic N) is 6. The van der Waals surface area contributed by atoms with Gasteiger partial charge in [-0.25, -0.2) is 13.8 Å². The molecule has 0 saturated carbocycles. The number of imidazole rings is 1. The van der Waals surface area contributed by atoms with Crippen LogP contribution in [-0.4, -0.2) is 69.9 Å². The van der Waals surface area contributed by atoms with Crippen LogP contribution >= 0.6 is 0 Å². The Morgan fingerprint density at radius 3 is 2.49 bits per heavy atom. The molecule has 2 aliphatic rings. The van der Waals surface area contributed by atoms with Crippen molar-refractivity contribution >= 4 is 22.8 Å². The Labute approximate surface area is 213 Å². The zero-order chi connectivity index (χ0) is 25.2. The quantitative estimate of drug-likeness (QED) is 0.402. The first kappa shape index (κ1) is 23.7. The van der Waals surface area contributed by atoms with Crippen molar-refractivity contribution in [3.8, 4) is 5.82 Å². The molecule has 6 rings (SSSR count). The molecular formula is C27H29F2N7O. The van der Waals surface area contributed by atoms with Crippen LogP contribution in [0.15, 0.2) is 60.7 Å². The van der Waals surface area contributed by atoms with E-state index in [1.165, 1.54) is 10.1 Å². The number of para-hydroxylation sites is 2. The second-order valence-electron chi connectivity index (χ2n) is 9.45. The molecule has 2 aromatic carbocycles. The molecular weight excluding hydrogens is 476 g/mol. The average molecular weight is 506 g/mol. The summed E-state index contributed by atoms with van der Waals surface area (Å²) in [6.45, 7) is 5.24. The molecule has 0 aliphatic carbocycles. The number of fused-ring (bicyclic) bond motifs is 1. The lowest BCUT2D eigenvalue weighted by molar-refractivity contribution is 0.122. The van der Waals surface area contributed by atoms with Crippen LogP contribution in [0.3, 0.4) is 0 Å². The van der Waals surface area contributed by atoms with Gasteiger partial charge in [-0.05, 0) is 24.1 Å². The van der Waals surface area contributed by atoms with Crippen LogP contribution in [0.25, 0.3) is 16.9 Å². The first-order valence-electron chi connectivity index (χ1n) is 12.6. The fourth-order valence-electron chi connectivity index (χ4n) is 5.11. The number of rotatable bonds is 7. The molecule has 2 fully saturated rings. The molecule has 4 heterocycles. The highest BCUT2D eigenvalue weighted by atomic mass is 19.3. The van der Waals surface area contributed by atoms with E-state index in [9.17, 15) is 8.78 Å². The monoisotopic (exact) mass is 505 g/mol. The first-order chi connectivity index (χ1) is 18.1. The number of halogens is 2. The molecule has 2 aromatic heterocycles. The third-order valence-corrected chi connectivity index (χ3v) is 6.90. The highest BCUT2D eigenvalue weighted by Crippen LogP contribution is 2.29. The fourth-order valence-corrected chi connectivity index (χ4v) is 5.11. The van der Waals surface area contributed by atoms with E-state index >= 15 is 0 Å². The van der Waals surface area contributed by atoms with E-state index in [0.29, 0.717) is 54.9 Å². The van der Waals surface area contributed by atoms with Gasteiger partial charge in [-0.3, -0.25) is 9.47 Å². The number of likely N-dealkylation sites (tertiary alicyclic amines) is 1. The molecule has 0 unspecified atom stereocenters. The zero-order valence-electron chi connectivity index (χ0n) is 20.4. The van der Waals surface area contributed by atoms with Crippen molar-refractivity contribution < 1.29 is 13.5 Å². The van der Waals surface area contributed by atoms with Gasteiger partial charge in [0, 0.05) is 44.8 Å². The maximum atomic E-state index is 14.1. The van der Waals surface area contributed by atoms with Crippen LogP contribution in [0.2, 0.25) is 0 Å². The Kier molecular flexibility index (Phi) is 6.67. The summed E-state index contributed by atoms with van der Waals surface area (Å²) < 4.78 is 35.1. The van der Waals surface area contributed by atoms with Crippen molar-refractivity contribution in [2.24, 2.45) is 0 Å². The summed E-state index contributed by atoms with van der Waals surface area (Å²) in [5.74, 6) is 1.17. The molecule has 2 aliphatic heterocycles. The molecule has 1 N–H and O–H groups in total. The van der Waals surface area contributed by atoms with E-state index in [-0.39, 0.29) is 11.9 Å². The Bertz CT molecular complexity index is 1360. The lowest BCUT2D eigenvalue weighted by Gasteiger charge is -2.28. The minimum atomic E-state index is -2.74. The molecule has 0 radical (unpaired) electrons. The third kappa shape index (κ3) is 5.12. The second kappa shape index (κ2) is 10.4. The van der Waals surface area contributed by atoms with Gasteiger partial charge in [0.2, 0.25) is 5.95 Å². The third-order valence-electron chi connectivity index (χ3n) is 6.90. The number of benzene rings is 2. The fraction of sp³-hybridized carbons (Fsp3) is 0.370. The zero-order valence-corrected chi connectivity index (χ0v) is 20.4. The Hall–Kier alpha value is -3.63. The number of aromatic nitrogens is 4. The summed E-state index contributed by atoms with van der Waals surface area (Å²) in [6.07, 6.45) is -1.80. The van der Waals surface area contributed by atoms with E-state index in [4.69, 9.17) is 14.7 Å². The number of ether oxygens (including phenoxy) is 1. The SMILES string of the molecule is FC(F)c1nc2ccccc2n1-c1cc(N2CCOCC2)nc(N[C@H]2CCN(Cc3ccccc3)C2)n1. The van der Waals surface area contributed by atoms with Crippen LogP contribution in [-0.2, 0) is 11.3 Å². The largest absolute Gasteiger partial charge is 0.378 e. The van der Waals surface area contributed by atoms with E-state index in [1.807, 2.05) is 12.1 Å². The molecule has 2 saturated heterocycles. The molecule has 0 bridgehead atoms. The number of alkyl halides is 2. The van der Waals surface area contributed by atoms with E-state index in [0.717, 1.165) is 26.1 Å². The van der Waals surface area contributed by atoms with Gasteiger partial charge >= 0.3 is 0 Å². The van der Waals surface area contributed by atoms with E-state index in [2.05, 4.69) is 44.4 Å². The summed E-state index contributed by atoms with van der Waals surface area (Å²) in [7, 11) is 0. The highest BCUT2D eigenvalue weighted by molar-refractivity contribution is 5.78. The van der Waals surface area contributed by atoms with Crippen LogP contribution in [0, 0.1) is 0 Å². The van der Waals surface area contributed by atoms with Crippen LogP contribution < -0.4 is 10.2 Å². The van der Waals surface area contributed by atoms with E-state index in [1.54, 1.807) is 24.3 Å². The van der Waals surface area contributed by atoms with E-state index < -0.39 is 6.43 Å². The summed E-state index contributed by atoms with van der Waals surface area (Å²) >= 11 is 0. The second-order valence-corrected chi connectivity index (χ2v) is 9.45. The van der Waals surface area contributed by atoms with Crippen molar-refractivity contribution in [2.45, 2.75) is 25.4 Å². The molecule has 8 nitrogen and oxygen atoms in total. The number of hydrogen-bond donors (Lipinski definition) is 1.